The number of rotatable bonds is 8. The van der Waals surface area contributed by atoms with E-state index in [4.69, 9.17) is 14.9 Å². The predicted molar refractivity (Wildman–Crippen MR) is 114 cm³/mol. The second kappa shape index (κ2) is 9.32. The van der Waals surface area contributed by atoms with Gasteiger partial charge in [-0.15, -0.1) is 0 Å². The fraction of sp³-hybridized carbons (Fsp3) is 0.792. The SMILES string of the molecule is C=C1CCCC(C)(C)C1(O)CCC(C)=CCC[C@]1(C)CC[C@@H]([C@@H](C)C(=O)O)OO1. The van der Waals surface area contributed by atoms with Crippen LogP contribution in [0.5, 0.6) is 0 Å². The van der Waals surface area contributed by atoms with E-state index in [1.807, 2.05) is 6.92 Å². The first-order valence-corrected chi connectivity index (χ1v) is 11.0. The third-order valence-electron chi connectivity index (χ3n) is 7.31. The van der Waals surface area contributed by atoms with Crippen LogP contribution in [0.1, 0.15) is 92.4 Å². The van der Waals surface area contributed by atoms with Crippen molar-refractivity contribution in [2.24, 2.45) is 11.3 Å². The number of aliphatic hydroxyl groups is 1. The van der Waals surface area contributed by atoms with E-state index >= 15 is 0 Å². The van der Waals surface area contributed by atoms with Crippen molar-refractivity contribution in [3.8, 4) is 0 Å². The van der Waals surface area contributed by atoms with Crippen LogP contribution in [0.3, 0.4) is 0 Å². The van der Waals surface area contributed by atoms with Crippen LogP contribution in [0.2, 0.25) is 0 Å². The smallest absolute Gasteiger partial charge is 0.308 e. The van der Waals surface area contributed by atoms with Crippen LogP contribution >= 0.6 is 0 Å². The summed E-state index contributed by atoms with van der Waals surface area (Å²) in [5, 5.41) is 20.4. The molecule has 0 amide bonds. The van der Waals surface area contributed by atoms with Gasteiger partial charge >= 0.3 is 5.97 Å². The minimum Gasteiger partial charge on any atom is -0.481 e. The first-order valence-electron chi connectivity index (χ1n) is 11.0. The van der Waals surface area contributed by atoms with Gasteiger partial charge in [0.1, 0.15) is 11.7 Å². The Balaban J connectivity index is 1.82. The fourth-order valence-electron chi connectivity index (χ4n) is 4.63. The average Bonchev–Trinajstić information content (AvgIpc) is 2.64. The van der Waals surface area contributed by atoms with Crippen molar-refractivity contribution in [1.82, 2.24) is 0 Å². The third-order valence-corrected chi connectivity index (χ3v) is 7.31. The predicted octanol–water partition coefficient (Wildman–Crippen LogP) is 5.58. The lowest BCUT2D eigenvalue weighted by molar-refractivity contribution is -0.411. The Kier molecular flexibility index (Phi) is 7.74. The number of hydrogen-bond donors (Lipinski definition) is 2. The van der Waals surface area contributed by atoms with Crippen LogP contribution in [-0.2, 0) is 14.6 Å². The van der Waals surface area contributed by atoms with E-state index in [9.17, 15) is 9.90 Å². The second-order valence-corrected chi connectivity index (χ2v) is 10.1. The molecule has 1 unspecified atom stereocenters. The molecule has 2 rings (SSSR count). The highest BCUT2D eigenvalue weighted by Crippen LogP contribution is 2.49. The highest BCUT2D eigenvalue weighted by Gasteiger charge is 2.47. The summed E-state index contributed by atoms with van der Waals surface area (Å²) in [7, 11) is 0. The lowest BCUT2D eigenvalue weighted by Crippen LogP contribution is -2.48. The van der Waals surface area contributed by atoms with E-state index in [1.165, 1.54) is 5.57 Å². The quantitative estimate of drug-likeness (QED) is 0.405. The number of hydrogen-bond acceptors (Lipinski definition) is 4. The highest BCUT2D eigenvalue weighted by molar-refractivity contribution is 5.70. The lowest BCUT2D eigenvalue weighted by atomic mass is 9.61. The number of carboxylic acids is 1. The summed E-state index contributed by atoms with van der Waals surface area (Å²) >= 11 is 0. The third kappa shape index (κ3) is 5.71. The molecule has 5 nitrogen and oxygen atoms in total. The van der Waals surface area contributed by atoms with Gasteiger partial charge in [0.2, 0.25) is 0 Å². The normalized spacial score (nSPS) is 34.1. The molecular formula is C24H40O5. The van der Waals surface area contributed by atoms with Crippen molar-refractivity contribution in [2.75, 3.05) is 0 Å². The van der Waals surface area contributed by atoms with E-state index in [2.05, 4.69) is 33.4 Å². The Morgan fingerprint density at radius 1 is 1.31 bits per heavy atom. The van der Waals surface area contributed by atoms with Crippen molar-refractivity contribution in [3.63, 3.8) is 0 Å². The molecule has 1 saturated carbocycles. The molecule has 166 valence electrons. The van der Waals surface area contributed by atoms with Gasteiger partial charge in [0.15, 0.2) is 0 Å². The van der Waals surface area contributed by atoms with Crippen LogP contribution in [0.4, 0.5) is 0 Å². The van der Waals surface area contributed by atoms with Crippen molar-refractivity contribution < 1.29 is 24.8 Å². The first-order chi connectivity index (χ1) is 13.4. The minimum atomic E-state index is -0.855. The Bertz CT molecular complexity index is 627. The van der Waals surface area contributed by atoms with Crippen LogP contribution in [0.25, 0.3) is 0 Å². The van der Waals surface area contributed by atoms with Gasteiger partial charge in [-0.2, -0.15) is 0 Å². The molecule has 5 heteroatoms. The van der Waals surface area contributed by atoms with E-state index in [0.717, 1.165) is 50.5 Å². The van der Waals surface area contributed by atoms with E-state index in [1.54, 1.807) is 6.92 Å². The number of aliphatic carboxylic acids is 1. The molecule has 0 aromatic rings. The van der Waals surface area contributed by atoms with E-state index < -0.39 is 17.5 Å². The summed E-state index contributed by atoms with van der Waals surface area (Å²) in [4.78, 5) is 22.1. The van der Waals surface area contributed by atoms with E-state index in [-0.39, 0.29) is 17.1 Å². The lowest BCUT2D eigenvalue weighted by Gasteiger charge is -2.48. The maximum absolute atomic E-state index is 11.3. The summed E-state index contributed by atoms with van der Waals surface area (Å²) in [6, 6.07) is 0. The maximum atomic E-state index is 11.3. The molecule has 1 heterocycles. The minimum absolute atomic E-state index is 0.132. The molecule has 0 bridgehead atoms. The van der Waals surface area contributed by atoms with Crippen molar-refractivity contribution in [2.45, 2.75) is 110 Å². The van der Waals surface area contributed by atoms with Crippen LogP contribution in [0.15, 0.2) is 23.8 Å². The molecule has 0 aromatic heterocycles. The van der Waals surface area contributed by atoms with Gasteiger partial charge in [0.05, 0.1) is 11.5 Å². The van der Waals surface area contributed by atoms with Gasteiger partial charge in [-0.25, -0.2) is 9.78 Å². The van der Waals surface area contributed by atoms with Crippen LogP contribution < -0.4 is 0 Å². The standard InChI is InChI=1S/C24H40O5/c1-17(11-16-24(27)18(2)10-8-13-22(24,4)5)9-7-14-23(6)15-12-20(28-29-23)19(3)21(25)26/h9,19-20,27H,2,7-8,10-16H2,1,3-6H3,(H,25,26)/t19-,20+,23-,24?/m1/s1. The topological polar surface area (TPSA) is 76.0 Å². The van der Waals surface area contributed by atoms with Gasteiger partial charge in [0, 0.05) is 0 Å². The van der Waals surface area contributed by atoms with Gasteiger partial charge in [-0.05, 0) is 89.5 Å². The zero-order valence-electron chi connectivity index (χ0n) is 18.9. The average molecular weight is 409 g/mol. The molecule has 0 radical (unpaired) electrons. The van der Waals surface area contributed by atoms with Gasteiger partial charge < -0.3 is 10.2 Å². The Labute approximate surface area is 176 Å². The monoisotopic (exact) mass is 408 g/mol. The van der Waals surface area contributed by atoms with Crippen molar-refractivity contribution >= 4 is 5.97 Å². The molecular weight excluding hydrogens is 368 g/mol. The zero-order valence-corrected chi connectivity index (χ0v) is 18.9. The molecule has 2 fully saturated rings. The summed E-state index contributed by atoms with van der Waals surface area (Å²) in [6.45, 7) is 14.3. The summed E-state index contributed by atoms with van der Waals surface area (Å²) < 4.78 is 0. The second-order valence-electron chi connectivity index (χ2n) is 10.1. The molecule has 2 N–H and O–H groups in total. The molecule has 1 aliphatic heterocycles. The molecule has 4 atom stereocenters. The van der Waals surface area contributed by atoms with Gasteiger partial charge in [-0.1, -0.05) is 32.1 Å². The summed E-state index contributed by atoms with van der Waals surface area (Å²) in [5.74, 6) is -1.42. The van der Waals surface area contributed by atoms with E-state index in [0.29, 0.717) is 12.8 Å². The number of carboxylic acid groups (broad SMARTS) is 1. The first kappa shape index (κ1) is 24.1. The maximum Gasteiger partial charge on any atom is 0.308 e. The summed E-state index contributed by atoms with van der Waals surface area (Å²) in [5.41, 5.74) is 0.941. The molecule has 0 spiro atoms. The Hall–Kier alpha value is -1.17. The summed E-state index contributed by atoms with van der Waals surface area (Å²) in [6.07, 6.45) is 9.63. The van der Waals surface area contributed by atoms with Gasteiger partial charge in [-0.3, -0.25) is 4.79 Å². The van der Waals surface area contributed by atoms with Crippen LogP contribution in [0, 0.1) is 11.3 Å². The zero-order chi connectivity index (χ0) is 21.9. The van der Waals surface area contributed by atoms with Crippen LogP contribution in [-0.4, -0.2) is 33.5 Å². The molecule has 29 heavy (non-hydrogen) atoms. The molecule has 2 aliphatic rings. The van der Waals surface area contributed by atoms with Crippen molar-refractivity contribution in [1.29, 1.82) is 0 Å². The Morgan fingerprint density at radius 3 is 2.55 bits per heavy atom. The Morgan fingerprint density at radius 2 is 2.00 bits per heavy atom. The molecule has 1 saturated heterocycles. The number of allylic oxidation sites excluding steroid dienone is 2. The molecule has 0 aromatic carbocycles. The van der Waals surface area contributed by atoms with Gasteiger partial charge in [0.25, 0.3) is 0 Å². The highest BCUT2D eigenvalue weighted by atomic mass is 17.2. The number of carbonyl (C=O) groups is 1. The fourth-order valence-corrected chi connectivity index (χ4v) is 4.63. The largest absolute Gasteiger partial charge is 0.481 e. The van der Waals surface area contributed by atoms with Crippen molar-refractivity contribution in [3.05, 3.63) is 23.8 Å². The molecule has 1 aliphatic carbocycles.